The molecular weight excluding hydrogens is 216 g/mol. The maximum absolute atomic E-state index is 11.9. The molecule has 1 aromatic carbocycles. The van der Waals surface area contributed by atoms with Crippen molar-refractivity contribution in [1.82, 2.24) is 10.2 Å². The van der Waals surface area contributed by atoms with Crippen LogP contribution in [0.15, 0.2) is 30.3 Å². The molecule has 2 N–H and O–H groups in total. The van der Waals surface area contributed by atoms with E-state index < -0.39 is 0 Å². The van der Waals surface area contributed by atoms with Gasteiger partial charge >= 0.3 is 0 Å². The minimum Gasteiger partial charge on any atom is -0.381 e. The van der Waals surface area contributed by atoms with Crippen LogP contribution < -0.4 is 5.32 Å². The fraction of sp³-hybridized carbons (Fsp3) is 0.462. The van der Waals surface area contributed by atoms with Crippen LogP contribution in [0.2, 0.25) is 0 Å². The molecule has 0 saturated carbocycles. The lowest BCUT2D eigenvalue weighted by molar-refractivity contribution is 0.0737. The summed E-state index contributed by atoms with van der Waals surface area (Å²) in [6.07, 6.45) is 1.80. The third-order valence-electron chi connectivity index (χ3n) is 3.16. The number of likely N-dealkylation sites (tertiary alicyclic amines) is 1. The number of rotatable bonds is 3. The van der Waals surface area contributed by atoms with E-state index in [1.807, 2.05) is 35.2 Å². The number of aliphatic hydroxyl groups is 1. The van der Waals surface area contributed by atoms with Gasteiger partial charge < -0.3 is 10.4 Å². The number of benzene rings is 1. The summed E-state index contributed by atoms with van der Waals surface area (Å²) >= 11 is 0. The number of nitrogens with zero attached hydrogens (tertiary/aromatic N) is 1. The maximum atomic E-state index is 11.9. The van der Waals surface area contributed by atoms with Crippen molar-refractivity contribution in [3.05, 3.63) is 35.9 Å². The van der Waals surface area contributed by atoms with E-state index in [0.29, 0.717) is 5.56 Å². The molecule has 2 rings (SSSR count). The summed E-state index contributed by atoms with van der Waals surface area (Å²) in [5.41, 5.74) is 0.706. The second-order valence-corrected chi connectivity index (χ2v) is 4.37. The standard InChI is InChI=1S/C13H18N2O2/c16-10-15-8-6-12(7-9-15)14-13(17)11-4-2-1-3-5-11/h1-5,12,16H,6-10H2,(H,14,17). The summed E-state index contributed by atoms with van der Waals surface area (Å²) in [4.78, 5) is 13.9. The van der Waals surface area contributed by atoms with Gasteiger partial charge in [0.05, 0.1) is 6.73 Å². The summed E-state index contributed by atoms with van der Waals surface area (Å²) < 4.78 is 0. The fourth-order valence-corrected chi connectivity index (χ4v) is 2.08. The molecule has 1 saturated heterocycles. The highest BCUT2D eigenvalue weighted by Crippen LogP contribution is 2.10. The Morgan fingerprint density at radius 1 is 1.29 bits per heavy atom. The quantitative estimate of drug-likeness (QED) is 0.814. The van der Waals surface area contributed by atoms with Crippen LogP contribution in [-0.2, 0) is 0 Å². The van der Waals surface area contributed by atoms with E-state index in [9.17, 15) is 4.79 Å². The Morgan fingerprint density at radius 2 is 1.94 bits per heavy atom. The van der Waals surface area contributed by atoms with E-state index in [1.54, 1.807) is 0 Å². The Balaban J connectivity index is 1.84. The zero-order valence-corrected chi connectivity index (χ0v) is 9.80. The van der Waals surface area contributed by atoms with Gasteiger partial charge in [-0.3, -0.25) is 9.69 Å². The van der Waals surface area contributed by atoms with Crippen LogP contribution in [0.25, 0.3) is 0 Å². The van der Waals surface area contributed by atoms with Crippen LogP contribution in [0.4, 0.5) is 0 Å². The van der Waals surface area contributed by atoms with Gasteiger partial charge in [-0.05, 0) is 25.0 Å². The molecule has 92 valence electrons. The Hall–Kier alpha value is -1.39. The molecule has 1 fully saturated rings. The molecular formula is C13H18N2O2. The number of amides is 1. The molecule has 1 heterocycles. The van der Waals surface area contributed by atoms with Gasteiger partial charge in [-0.25, -0.2) is 0 Å². The molecule has 0 unspecified atom stereocenters. The molecule has 4 nitrogen and oxygen atoms in total. The third-order valence-corrected chi connectivity index (χ3v) is 3.16. The second-order valence-electron chi connectivity index (χ2n) is 4.37. The minimum absolute atomic E-state index is 0.00644. The van der Waals surface area contributed by atoms with Gasteiger partial charge in [0.25, 0.3) is 5.91 Å². The molecule has 0 radical (unpaired) electrons. The largest absolute Gasteiger partial charge is 0.381 e. The fourth-order valence-electron chi connectivity index (χ4n) is 2.08. The lowest BCUT2D eigenvalue weighted by Crippen LogP contribution is -2.44. The van der Waals surface area contributed by atoms with E-state index in [2.05, 4.69) is 5.32 Å². The molecule has 1 aliphatic rings. The number of piperidine rings is 1. The van der Waals surface area contributed by atoms with Gasteiger partial charge in [-0.15, -0.1) is 0 Å². The summed E-state index contributed by atoms with van der Waals surface area (Å²) in [6.45, 7) is 1.80. The monoisotopic (exact) mass is 234 g/mol. The third kappa shape index (κ3) is 3.28. The maximum Gasteiger partial charge on any atom is 0.251 e. The molecule has 0 spiro atoms. The van der Waals surface area contributed by atoms with Crippen LogP contribution in [0.3, 0.4) is 0 Å². The number of hydrogen-bond donors (Lipinski definition) is 2. The van der Waals surface area contributed by atoms with E-state index in [-0.39, 0.29) is 18.7 Å². The Bertz CT molecular complexity index is 359. The SMILES string of the molecule is O=C(NC1CCN(CO)CC1)c1ccccc1. The van der Waals surface area contributed by atoms with E-state index in [1.165, 1.54) is 0 Å². The first-order valence-electron chi connectivity index (χ1n) is 5.98. The molecule has 4 heteroatoms. The predicted molar refractivity (Wildman–Crippen MR) is 65.6 cm³/mol. The van der Waals surface area contributed by atoms with Crippen molar-refractivity contribution < 1.29 is 9.90 Å². The molecule has 0 aromatic heterocycles. The Kier molecular flexibility index (Phi) is 4.12. The van der Waals surface area contributed by atoms with Crippen LogP contribution in [0.1, 0.15) is 23.2 Å². The van der Waals surface area contributed by atoms with Crippen molar-refractivity contribution in [2.45, 2.75) is 18.9 Å². The van der Waals surface area contributed by atoms with Gasteiger partial charge in [0.1, 0.15) is 0 Å². The zero-order valence-electron chi connectivity index (χ0n) is 9.80. The first kappa shape index (κ1) is 12.1. The first-order valence-corrected chi connectivity index (χ1v) is 5.98. The smallest absolute Gasteiger partial charge is 0.251 e. The van der Waals surface area contributed by atoms with Gasteiger partial charge in [-0.1, -0.05) is 18.2 Å². The Morgan fingerprint density at radius 3 is 2.53 bits per heavy atom. The van der Waals surface area contributed by atoms with Crippen LogP contribution in [0, 0.1) is 0 Å². The number of aliphatic hydroxyl groups excluding tert-OH is 1. The van der Waals surface area contributed by atoms with Gasteiger partial charge in [-0.2, -0.15) is 0 Å². The first-order chi connectivity index (χ1) is 8.29. The van der Waals surface area contributed by atoms with Crippen molar-refractivity contribution in [3.63, 3.8) is 0 Å². The number of carbonyl (C=O) groups excluding carboxylic acids is 1. The molecule has 1 aromatic rings. The summed E-state index contributed by atoms with van der Waals surface area (Å²) in [6, 6.07) is 9.49. The molecule has 1 aliphatic heterocycles. The predicted octanol–water partition coefficient (Wildman–Crippen LogP) is 0.831. The van der Waals surface area contributed by atoms with Crippen molar-refractivity contribution in [3.8, 4) is 0 Å². The van der Waals surface area contributed by atoms with Gasteiger partial charge in [0, 0.05) is 24.7 Å². The normalized spacial score (nSPS) is 17.9. The van der Waals surface area contributed by atoms with Crippen molar-refractivity contribution in [2.24, 2.45) is 0 Å². The number of nitrogens with one attached hydrogen (secondary N) is 1. The van der Waals surface area contributed by atoms with Crippen LogP contribution in [-0.4, -0.2) is 41.8 Å². The molecule has 0 bridgehead atoms. The van der Waals surface area contributed by atoms with Gasteiger partial charge in [0.15, 0.2) is 0 Å². The topological polar surface area (TPSA) is 52.6 Å². The van der Waals surface area contributed by atoms with Crippen LogP contribution in [0.5, 0.6) is 0 Å². The van der Waals surface area contributed by atoms with E-state index in [4.69, 9.17) is 5.11 Å². The average Bonchev–Trinajstić information content (AvgIpc) is 2.40. The zero-order chi connectivity index (χ0) is 12.1. The molecule has 0 aliphatic carbocycles. The highest BCUT2D eigenvalue weighted by molar-refractivity contribution is 5.94. The van der Waals surface area contributed by atoms with Crippen molar-refractivity contribution in [2.75, 3.05) is 19.8 Å². The summed E-state index contributed by atoms with van der Waals surface area (Å²) in [5, 5.41) is 12.0. The van der Waals surface area contributed by atoms with E-state index in [0.717, 1.165) is 25.9 Å². The molecule has 0 atom stereocenters. The van der Waals surface area contributed by atoms with E-state index >= 15 is 0 Å². The lowest BCUT2D eigenvalue weighted by Gasteiger charge is -2.30. The van der Waals surface area contributed by atoms with Gasteiger partial charge in [0.2, 0.25) is 0 Å². The molecule has 17 heavy (non-hydrogen) atoms. The summed E-state index contributed by atoms with van der Waals surface area (Å²) in [7, 11) is 0. The van der Waals surface area contributed by atoms with Crippen LogP contribution >= 0.6 is 0 Å². The Labute approximate surface area is 101 Å². The highest BCUT2D eigenvalue weighted by Gasteiger charge is 2.20. The lowest BCUT2D eigenvalue weighted by atomic mass is 10.0. The minimum atomic E-state index is -0.00644. The van der Waals surface area contributed by atoms with Crippen molar-refractivity contribution >= 4 is 5.91 Å². The average molecular weight is 234 g/mol. The number of carbonyl (C=O) groups is 1. The summed E-state index contributed by atoms with van der Waals surface area (Å²) in [5.74, 6) is -0.00644. The van der Waals surface area contributed by atoms with Crippen molar-refractivity contribution in [1.29, 1.82) is 0 Å². The molecule has 1 amide bonds. The second kappa shape index (κ2) is 5.80. The number of hydrogen-bond acceptors (Lipinski definition) is 3. The highest BCUT2D eigenvalue weighted by atomic mass is 16.3.